The SMILES string of the molecule is O=C(Nc1ccc(C2CC2)cc1)[C@H]1CC(F)(F)CN1. The number of benzene rings is 1. The molecule has 1 saturated heterocycles. The van der Waals surface area contributed by atoms with Gasteiger partial charge in [-0.15, -0.1) is 0 Å². The van der Waals surface area contributed by atoms with Crippen LogP contribution in [0, 0.1) is 0 Å². The first-order chi connectivity index (χ1) is 9.03. The number of alkyl halides is 2. The summed E-state index contributed by atoms with van der Waals surface area (Å²) in [6.07, 6.45) is 2.03. The van der Waals surface area contributed by atoms with E-state index < -0.39 is 30.8 Å². The molecule has 0 bridgehead atoms. The van der Waals surface area contributed by atoms with Crippen molar-refractivity contribution in [3.63, 3.8) is 0 Å². The molecule has 1 amide bonds. The first kappa shape index (κ1) is 12.5. The van der Waals surface area contributed by atoms with Crippen LogP contribution in [0.5, 0.6) is 0 Å². The van der Waals surface area contributed by atoms with Gasteiger partial charge in [-0.1, -0.05) is 12.1 Å². The largest absolute Gasteiger partial charge is 0.325 e. The van der Waals surface area contributed by atoms with E-state index in [-0.39, 0.29) is 0 Å². The van der Waals surface area contributed by atoms with Crippen molar-refractivity contribution in [1.29, 1.82) is 0 Å². The standard InChI is InChI=1S/C14H16F2N2O/c15-14(16)7-12(17-8-14)13(19)18-11-5-3-10(4-6-11)9-1-2-9/h3-6,9,12,17H,1-2,7-8H2,(H,18,19)/t12-/m1/s1. The van der Waals surface area contributed by atoms with Crippen LogP contribution in [-0.2, 0) is 4.79 Å². The zero-order valence-electron chi connectivity index (χ0n) is 10.5. The van der Waals surface area contributed by atoms with Gasteiger partial charge in [-0.3, -0.25) is 10.1 Å². The smallest absolute Gasteiger partial charge is 0.262 e. The van der Waals surface area contributed by atoms with Crippen molar-refractivity contribution in [2.75, 3.05) is 11.9 Å². The van der Waals surface area contributed by atoms with Crippen LogP contribution in [0.4, 0.5) is 14.5 Å². The number of amides is 1. The summed E-state index contributed by atoms with van der Waals surface area (Å²) >= 11 is 0. The van der Waals surface area contributed by atoms with Crippen LogP contribution >= 0.6 is 0 Å². The number of rotatable bonds is 3. The molecule has 1 saturated carbocycles. The summed E-state index contributed by atoms with van der Waals surface area (Å²) in [5, 5.41) is 5.22. The lowest BCUT2D eigenvalue weighted by atomic mass is 10.1. The third-order valence-electron chi connectivity index (χ3n) is 3.65. The molecule has 2 aliphatic rings. The van der Waals surface area contributed by atoms with E-state index in [0.717, 1.165) is 0 Å². The second-order valence-corrected chi connectivity index (χ2v) is 5.38. The Balaban J connectivity index is 1.60. The van der Waals surface area contributed by atoms with E-state index in [0.29, 0.717) is 11.6 Å². The Labute approximate surface area is 110 Å². The summed E-state index contributed by atoms with van der Waals surface area (Å²) in [7, 11) is 0. The molecular formula is C14H16F2N2O. The fourth-order valence-electron chi connectivity index (χ4n) is 2.39. The predicted molar refractivity (Wildman–Crippen MR) is 68.4 cm³/mol. The van der Waals surface area contributed by atoms with Crippen molar-refractivity contribution >= 4 is 11.6 Å². The quantitative estimate of drug-likeness (QED) is 0.882. The van der Waals surface area contributed by atoms with Crippen LogP contribution in [0.3, 0.4) is 0 Å². The van der Waals surface area contributed by atoms with Gasteiger partial charge in [0, 0.05) is 12.1 Å². The summed E-state index contributed by atoms with van der Waals surface area (Å²) in [5.74, 6) is -2.51. The lowest BCUT2D eigenvalue weighted by molar-refractivity contribution is -0.118. The maximum absolute atomic E-state index is 13.0. The van der Waals surface area contributed by atoms with Crippen LogP contribution in [0.25, 0.3) is 0 Å². The van der Waals surface area contributed by atoms with Gasteiger partial charge in [-0.05, 0) is 36.5 Å². The fraction of sp³-hybridized carbons (Fsp3) is 0.500. The fourth-order valence-corrected chi connectivity index (χ4v) is 2.39. The van der Waals surface area contributed by atoms with E-state index in [1.807, 2.05) is 24.3 Å². The minimum Gasteiger partial charge on any atom is -0.325 e. The maximum atomic E-state index is 13.0. The molecule has 0 radical (unpaired) electrons. The molecule has 1 aliphatic heterocycles. The Kier molecular flexibility index (Phi) is 3.01. The van der Waals surface area contributed by atoms with Gasteiger partial charge in [0.1, 0.15) is 0 Å². The van der Waals surface area contributed by atoms with Gasteiger partial charge < -0.3 is 5.32 Å². The molecule has 3 rings (SSSR count). The molecule has 2 fully saturated rings. The van der Waals surface area contributed by atoms with Crippen molar-refractivity contribution in [3.05, 3.63) is 29.8 Å². The van der Waals surface area contributed by atoms with Crippen LogP contribution < -0.4 is 10.6 Å². The molecule has 1 aromatic rings. The maximum Gasteiger partial charge on any atom is 0.262 e. The summed E-state index contributed by atoms with van der Waals surface area (Å²) in [6, 6.07) is 6.84. The average molecular weight is 266 g/mol. The van der Waals surface area contributed by atoms with Crippen molar-refractivity contribution in [3.8, 4) is 0 Å². The molecule has 1 heterocycles. The molecule has 102 valence electrons. The second-order valence-electron chi connectivity index (χ2n) is 5.38. The van der Waals surface area contributed by atoms with Gasteiger partial charge >= 0.3 is 0 Å². The molecule has 1 aromatic carbocycles. The lowest BCUT2D eigenvalue weighted by Gasteiger charge is -2.11. The van der Waals surface area contributed by atoms with Gasteiger partial charge in [0.2, 0.25) is 5.91 Å². The Hall–Kier alpha value is -1.49. The zero-order chi connectivity index (χ0) is 13.5. The summed E-state index contributed by atoms with van der Waals surface area (Å²) < 4.78 is 26.0. The van der Waals surface area contributed by atoms with Gasteiger partial charge in [0.05, 0.1) is 12.6 Å². The van der Waals surface area contributed by atoms with Crippen molar-refractivity contribution in [2.24, 2.45) is 0 Å². The van der Waals surface area contributed by atoms with Crippen molar-refractivity contribution in [2.45, 2.75) is 37.1 Å². The Bertz CT molecular complexity index is 483. The molecule has 0 aromatic heterocycles. The first-order valence-corrected chi connectivity index (χ1v) is 6.55. The molecule has 0 unspecified atom stereocenters. The molecule has 1 aliphatic carbocycles. The second kappa shape index (κ2) is 4.56. The third kappa shape index (κ3) is 2.92. The number of halogens is 2. The minimum absolute atomic E-state index is 0.392. The molecule has 19 heavy (non-hydrogen) atoms. The Morgan fingerprint density at radius 2 is 1.95 bits per heavy atom. The number of hydrogen-bond donors (Lipinski definition) is 2. The normalized spacial score (nSPS) is 25.3. The molecule has 2 N–H and O–H groups in total. The van der Waals surface area contributed by atoms with Gasteiger partial charge in [-0.25, -0.2) is 8.78 Å². The Morgan fingerprint density at radius 1 is 1.26 bits per heavy atom. The van der Waals surface area contributed by atoms with Crippen LogP contribution in [0.1, 0.15) is 30.7 Å². The van der Waals surface area contributed by atoms with Crippen LogP contribution in [0.2, 0.25) is 0 Å². The van der Waals surface area contributed by atoms with E-state index in [4.69, 9.17) is 0 Å². The molecule has 1 atom stereocenters. The number of carbonyl (C=O) groups is 1. The summed E-state index contributed by atoms with van der Waals surface area (Å²) in [5.41, 5.74) is 1.94. The molecule has 3 nitrogen and oxygen atoms in total. The van der Waals surface area contributed by atoms with Crippen molar-refractivity contribution in [1.82, 2.24) is 5.32 Å². The van der Waals surface area contributed by atoms with E-state index in [9.17, 15) is 13.6 Å². The topological polar surface area (TPSA) is 41.1 Å². The Morgan fingerprint density at radius 3 is 2.47 bits per heavy atom. The number of nitrogens with one attached hydrogen (secondary N) is 2. The summed E-state index contributed by atoms with van der Waals surface area (Å²) in [6.45, 7) is -0.425. The summed E-state index contributed by atoms with van der Waals surface area (Å²) in [4.78, 5) is 11.8. The van der Waals surface area contributed by atoms with Gasteiger partial charge in [0.15, 0.2) is 0 Å². The van der Waals surface area contributed by atoms with Gasteiger partial charge in [0.25, 0.3) is 5.92 Å². The highest BCUT2D eigenvalue weighted by atomic mass is 19.3. The highest BCUT2D eigenvalue weighted by molar-refractivity contribution is 5.95. The van der Waals surface area contributed by atoms with E-state index in [1.54, 1.807) is 0 Å². The predicted octanol–water partition coefficient (Wildman–Crippen LogP) is 2.50. The molecule has 0 spiro atoms. The monoisotopic (exact) mass is 266 g/mol. The number of anilines is 1. The lowest BCUT2D eigenvalue weighted by Crippen LogP contribution is -2.35. The number of carbonyl (C=O) groups excluding carboxylic acids is 1. The van der Waals surface area contributed by atoms with Crippen LogP contribution in [0.15, 0.2) is 24.3 Å². The van der Waals surface area contributed by atoms with E-state index >= 15 is 0 Å². The van der Waals surface area contributed by atoms with E-state index in [1.165, 1.54) is 18.4 Å². The van der Waals surface area contributed by atoms with Crippen LogP contribution in [-0.4, -0.2) is 24.4 Å². The molecular weight excluding hydrogens is 250 g/mol. The first-order valence-electron chi connectivity index (χ1n) is 6.55. The highest BCUT2D eigenvalue weighted by Crippen LogP contribution is 2.40. The van der Waals surface area contributed by atoms with Crippen molar-refractivity contribution < 1.29 is 13.6 Å². The van der Waals surface area contributed by atoms with Gasteiger partial charge in [-0.2, -0.15) is 0 Å². The third-order valence-corrected chi connectivity index (χ3v) is 3.65. The van der Waals surface area contributed by atoms with E-state index in [2.05, 4.69) is 10.6 Å². The highest BCUT2D eigenvalue weighted by Gasteiger charge is 2.42. The zero-order valence-corrected chi connectivity index (χ0v) is 10.5. The average Bonchev–Trinajstić information content (AvgIpc) is 3.14. The number of hydrogen-bond acceptors (Lipinski definition) is 2. The minimum atomic E-state index is -2.78. The molecule has 5 heteroatoms.